The Bertz CT molecular complexity index is 734. The first kappa shape index (κ1) is 23.6. The fourth-order valence-electron chi connectivity index (χ4n) is 1.67. The molecule has 0 fully saturated rings. The van der Waals surface area contributed by atoms with Crippen LogP contribution in [0.2, 0.25) is 0 Å². The number of benzene rings is 2. The maximum absolute atomic E-state index is 11.8. The van der Waals surface area contributed by atoms with Crippen LogP contribution in [-0.4, -0.2) is 26.3 Å². The molecule has 0 saturated heterocycles. The number of rotatable bonds is 5. The molecule has 1 N–H and O–H groups in total. The third kappa shape index (κ3) is 8.64. The molecular weight excluding hydrogens is 448 g/mol. The topological polar surface area (TPSA) is 83.7 Å². The first-order chi connectivity index (χ1) is 12.7. The number of carbonyl (C=O) groups excluding carboxylic acids is 1. The van der Waals surface area contributed by atoms with Crippen LogP contribution in [0.25, 0.3) is 0 Å². The molecule has 0 atom stereocenters. The number of ether oxygens (including phenoxy) is 2. The summed E-state index contributed by atoms with van der Waals surface area (Å²) in [6.45, 7) is 1.43. The average molecular weight is 466 g/mol. The van der Waals surface area contributed by atoms with Crippen molar-refractivity contribution in [1.82, 2.24) is 5.43 Å². The summed E-state index contributed by atoms with van der Waals surface area (Å²) in [7, 11) is 7.60. The summed E-state index contributed by atoms with van der Waals surface area (Å²) in [6, 6.07) is 17.0. The van der Waals surface area contributed by atoms with Crippen LogP contribution in [0.5, 0.6) is 11.5 Å². The molecule has 140 valence electrons. The van der Waals surface area contributed by atoms with Crippen molar-refractivity contribution in [3.63, 3.8) is 0 Å². The van der Waals surface area contributed by atoms with Crippen molar-refractivity contribution in [2.45, 2.75) is 6.92 Å². The average Bonchev–Trinajstić information content (AvgIpc) is 2.70. The monoisotopic (exact) mass is 465 g/mol. The fourth-order valence-corrected chi connectivity index (χ4v) is 1.67. The molecule has 0 bridgehead atoms. The number of hydrazone groups is 1. The van der Waals surface area contributed by atoms with Gasteiger partial charge < -0.3 is 9.47 Å². The van der Waals surface area contributed by atoms with E-state index in [4.69, 9.17) is 14.7 Å². The quantitative estimate of drug-likeness (QED) is 0.317. The van der Waals surface area contributed by atoms with Gasteiger partial charge in [-0.15, -0.1) is 12.1 Å². The first-order valence-corrected chi connectivity index (χ1v) is 9.11. The maximum atomic E-state index is 11.8. The van der Waals surface area contributed by atoms with E-state index in [0.29, 0.717) is 22.6 Å². The van der Waals surface area contributed by atoms with E-state index < -0.39 is 0 Å². The number of nitrogens with zero attached hydrogens (tertiary/aromatic N) is 2. The van der Waals surface area contributed by atoms with Crippen LogP contribution in [-0.2, 0) is 18.2 Å². The molecule has 0 spiro atoms. The van der Waals surface area contributed by atoms with E-state index in [-0.39, 0.29) is 5.91 Å². The van der Waals surface area contributed by atoms with Gasteiger partial charge >= 0.3 is 27.7 Å². The number of nitrogens with one attached hydrogen (secondary N) is 1. The predicted molar refractivity (Wildman–Crippen MR) is 97.0 cm³/mol. The number of nitriles is 1. The Kier molecular flexibility index (Phi) is 13.6. The molecule has 0 radical (unpaired) electrons. The molecule has 0 unspecified atom stereocenters. The van der Waals surface area contributed by atoms with E-state index in [0.717, 1.165) is 0 Å². The van der Waals surface area contributed by atoms with Crippen molar-refractivity contribution >= 4 is 21.7 Å². The Morgan fingerprint density at radius 3 is 2.46 bits per heavy atom. The van der Waals surface area contributed by atoms with Gasteiger partial charge in [0.1, 0.15) is 0 Å². The zero-order valence-electron chi connectivity index (χ0n) is 14.4. The summed E-state index contributed by atoms with van der Waals surface area (Å²) in [5.74, 6) is 0.920. The third-order valence-corrected chi connectivity index (χ3v) is 2.76. The summed E-state index contributed by atoms with van der Waals surface area (Å²) in [6.07, 6.45) is 1.47. The molecule has 6 nitrogen and oxygen atoms in total. The van der Waals surface area contributed by atoms with Crippen LogP contribution in [0.15, 0.2) is 47.6 Å². The molecule has 0 heterocycles. The van der Waals surface area contributed by atoms with Gasteiger partial charge in [0, 0.05) is 24.0 Å². The van der Waals surface area contributed by atoms with Gasteiger partial charge in [-0.05, 0) is 18.3 Å². The number of methoxy groups -OCH3 is 2. The van der Waals surface area contributed by atoms with E-state index in [1.807, 2.05) is 6.07 Å². The van der Waals surface area contributed by atoms with Crippen LogP contribution in [0, 0.1) is 17.4 Å². The van der Waals surface area contributed by atoms with Gasteiger partial charge in [0.2, 0.25) is 0 Å². The minimum absolute atomic E-state index is 0.278. The molecule has 0 aromatic heterocycles. The molecule has 0 aliphatic carbocycles. The van der Waals surface area contributed by atoms with Crippen LogP contribution in [0.3, 0.4) is 0 Å². The number of hydrogen-bond acceptors (Lipinski definition) is 5. The van der Waals surface area contributed by atoms with Gasteiger partial charge in [-0.2, -0.15) is 5.26 Å². The third-order valence-electron chi connectivity index (χ3n) is 2.76. The predicted octanol–water partition coefficient (Wildman–Crippen LogP) is 3.48. The second kappa shape index (κ2) is 14.9. The van der Waals surface area contributed by atoms with E-state index >= 15 is 0 Å². The second-order valence-corrected chi connectivity index (χ2v) is 4.31. The molecule has 0 saturated carbocycles. The number of halogens is 1. The van der Waals surface area contributed by atoms with Gasteiger partial charge in [0.25, 0.3) is 5.91 Å². The van der Waals surface area contributed by atoms with Crippen LogP contribution in [0.1, 0.15) is 22.8 Å². The number of hydrogen-bond donors (Lipinski definition) is 1. The Balaban J connectivity index is 0.00000113. The molecule has 2 rings (SSSR count). The summed E-state index contributed by atoms with van der Waals surface area (Å²) in [5, 5.41) is 11.2. The van der Waals surface area contributed by atoms with Gasteiger partial charge in [-0.3, -0.25) is 10.2 Å². The zero-order valence-corrected chi connectivity index (χ0v) is 16.7. The van der Waals surface area contributed by atoms with Crippen molar-refractivity contribution in [3.8, 4) is 17.6 Å². The molecule has 2 aromatic carbocycles. The molecule has 8 heteroatoms. The zero-order chi connectivity index (χ0) is 19.8. The Morgan fingerprint density at radius 1 is 1.31 bits per heavy atom. The van der Waals surface area contributed by atoms with Crippen molar-refractivity contribution in [2.75, 3.05) is 14.2 Å². The molecule has 0 aliphatic rings. The van der Waals surface area contributed by atoms with Crippen molar-refractivity contribution < 1.29 is 32.4 Å². The molecule has 2 aromatic rings. The number of amides is 1. The van der Waals surface area contributed by atoms with E-state index in [1.165, 1.54) is 13.1 Å². The Morgan fingerprint density at radius 2 is 1.92 bits per heavy atom. The molecule has 0 aliphatic heterocycles. The summed E-state index contributed by atoms with van der Waals surface area (Å²) in [5.41, 5.74) is 3.61. The molecular formula is C18H18ClN3O3Pd. The van der Waals surface area contributed by atoms with Gasteiger partial charge in [-0.25, -0.2) is 5.10 Å². The van der Waals surface area contributed by atoms with E-state index in [9.17, 15) is 4.79 Å². The fraction of sp³-hybridized carbons (Fsp3) is 0.167. The van der Waals surface area contributed by atoms with Gasteiger partial charge in [0.05, 0.1) is 20.3 Å². The Labute approximate surface area is 168 Å². The SMILES string of the molecule is CC#N.COc1c[c-]c(C=NNC(=O)c2ccccc2)c(OC)c1.[Cl][Pd+]. The van der Waals surface area contributed by atoms with Crippen molar-refractivity contribution in [2.24, 2.45) is 5.10 Å². The number of carbonyl (C=O) groups is 1. The summed E-state index contributed by atoms with van der Waals surface area (Å²) < 4.78 is 10.3. The van der Waals surface area contributed by atoms with E-state index in [1.54, 1.807) is 56.7 Å². The van der Waals surface area contributed by atoms with Crippen LogP contribution < -0.4 is 14.9 Å². The minimum atomic E-state index is -0.278. The van der Waals surface area contributed by atoms with Crippen LogP contribution in [0.4, 0.5) is 0 Å². The van der Waals surface area contributed by atoms with Crippen molar-refractivity contribution in [3.05, 3.63) is 59.7 Å². The normalized spacial score (nSPS) is 8.96. The van der Waals surface area contributed by atoms with Gasteiger partial charge in [0.15, 0.2) is 0 Å². The summed E-state index contributed by atoms with van der Waals surface area (Å²) in [4.78, 5) is 11.8. The first-order valence-electron chi connectivity index (χ1n) is 7.11. The van der Waals surface area contributed by atoms with Gasteiger partial charge in [-0.1, -0.05) is 29.8 Å². The van der Waals surface area contributed by atoms with E-state index in [2.05, 4.69) is 44.3 Å². The summed E-state index contributed by atoms with van der Waals surface area (Å²) >= 11 is 2.22. The standard InChI is InChI=1S/C16H15N2O3.C2H3N.ClH.Pd/c1-20-14-9-8-13(15(10-14)21-2)11-17-18-16(19)12-6-4-3-5-7-12;1-2-3;;/h3-7,9-11H,1-2H3,(H,18,19);1H3;1H;/q-1;;;+2/p-1. The Hall–Kier alpha value is -2.38. The van der Waals surface area contributed by atoms with Crippen molar-refractivity contribution in [1.29, 1.82) is 5.26 Å². The molecule has 1 amide bonds. The molecule has 26 heavy (non-hydrogen) atoms. The van der Waals surface area contributed by atoms with Crippen LogP contribution >= 0.6 is 9.53 Å². The second-order valence-electron chi connectivity index (χ2n) is 4.31.